The first-order valence-electron chi connectivity index (χ1n) is 8.84. The second-order valence-corrected chi connectivity index (χ2v) is 7.86. The number of rotatable bonds is 5. The number of halogens is 1. The molecule has 0 spiro atoms. The van der Waals surface area contributed by atoms with Gasteiger partial charge in [-0.1, -0.05) is 28.1 Å². The second kappa shape index (κ2) is 8.76. The first-order chi connectivity index (χ1) is 14.2. The zero-order valence-electron chi connectivity index (χ0n) is 16.0. The van der Waals surface area contributed by atoms with E-state index in [1.54, 1.807) is 36.4 Å². The average Bonchev–Trinajstić information content (AvgIpc) is 2.67. The molecule has 154 valence electrons. The van der Waals surface area contributed by atoms with Crippen molar-refractivity contribution in [3.05, 3.63) is 63.6 Å². The number of carbonyl (C=O) groups excluding carboxylic acids is 2. The Morgan fingerprint density at radius 1 is 1.23 bits per heavy atom. The Labute approximate surface area is 186 Å². The normalized spacial score (nSPS) is 16.4. The van der Waals surface area contributed by atoms with E-state index < -0.39 is 23.9 Å². The third kappa shape index (κ3) is 4.58. The van der Waals surface area contributed by atoms with Crippen LogP contribution in [0.25, 0.3) is 6.08 Å². The van der Waals surface area contributed by atoms with Crippen LogP contribution in [0.4, 0.5) is 5.69 Å². The number of carbonyl (C=O) groups is 3. The summed E-state index contributed by atoms with van der Waals surface area (Å²) in [7, 11) is 0. The summed E-state index contributed by atoms with van der Waals surface area (Å²) >= 11 is 8.61. The molecule has 0 aliphatic carbocycles. The van der Waals surface area contributed by atoms with E-state index in [1.807, 2.05) is 13.0 Å². The molecule has 30 heavy (non-hydrogen) atoms. The Morgan fingerprint density at radius 2 is 1.90 bits per heavy atom. The summed E-state index contributed by atoms with van der Waals surface area (Å²) in [4.78, 5) is 37.7. The van der Waals surface area contributed by atoms with Crippen LogP contribution >= 0.6 is 28.1 Å². The van der Waals surface area contributed by atoms with E-state index in [1.165, 1.54) is 17.9 Å². The van der Waals surface area contributed by atoms with Crippen molar-refractivity contribution in [2.24, 2.45) is 0 Å². The molecule has 2 N–H and O–H groups in total. The summed E-state index contributed by atoms with van der Waals surface area (Å²) in [5, 5.41) is 11.5. The molecule has 1 heterocycles. The highest BCUT2D eigenvalue weighted by molar-refractivity contribution is 9.10. The Balaban J connectivity index is 1.90. The Kier molecular flexibility index (Phi) is 6.33. The van der Waals surface area contributed by atoms with Crippen LogP contribution in [0.5, 0.6) is 5.75 Å². The lowest BCUT2D eigenvalue weighted by molar-refractivity contribution is -0.144. The summed E-state index contributed by atoms with van der Waals surface area (Å²) in [6.07, 6.45) is 0.453. The van der Waals surface area contributed by atoms with Crippen LogP contribution in [0.2, 0.25) is 0 Å². The molecule has 0 aromatic heterocycles. The quantitative estimate of drug-likeness (QED) is 0.380. The van der Waals surface area contributed by atoms with Crippen molar-refractivity contribution in [3.63, 3.8) is 0 Å². The third-order valence-electron chi connectivity index (χ3n) is 4.35. The molecule has 3 rings (SSSR count). The Morgan fingerprint density at radius 3 is 2.50 bits per heavy atom. The summed E-state index contributed by atoms with van der Waals surface area (Å²) in [5.74, 6) is -1.84. The highest BCUT2D eigenvalue weighted by atomic mass is 79.9. The zero-order valence-corrected chi connectivity index (χ0v) is 18.4. The maximum atomic E-state index is 13.1. The van der Waals surface area contributed by atoms with Crippen LogP contribution in [-0.4, -0.2) is 34.1 Å². The molecule has 0 bridgehead atoms. The number of nitrogens with zero attached hydrogens (tertiary/aromatic N) is 1. The second-order valence-electron chi connectivity index (χ2n) is 6.56. The molecular formula is C21H17BrN2O5S. The largest absolute Gasteiger partial charge is 0.479 e. The van der Waals surface area contributed by atoms with Crippen molar-refractivity contribution in [2.45, 2.75) is 20.0 Å². The van der Waals surface area contributed by atoms with E-state index in [4.69, 9.17) is 22.1 Å². The Hall–Kier alpha value is -3.04. The molecule has 7 nitrogen and oxygen atoms in total. The SMILES string of the molecule is Cc1cc(Br)ccc1N1C(=O)/C(=C/c2ccc(O[C@H](C)C(=O)O)cc2)C(=O)NC1=S. The number of ether oxygens (including phenoxy) is 1. The van der Waals surface area contributed by atoms with Gasteiger partial charge in [-0.3, -0.25) is 19.8 Å². The van der Waals surface area contributed by atoms with E-state index in [0.29, 0.717) is 17.0 Å². The van der Waals surface area contributed by atoms with E-state index in [0.717, 1.165) is 10.0 Å². The van der Waals surface area contributed by atoms with Gasteiger partial charge in [-0.05, 0) is 73.6 Å². The fourth-order valence-electron chi connectivity index (χ4n) is 2.81. The van der Waals surface area contributed by atoms with Gasteiger partial charge in [0.05, 0.1) is 5.69 Å². The van der Waals surface area contributed by atoms with Crippen LogP contribution < -0.4 is 15.0 Å². The van der Waals surface area contributed by atoms with Crippen molar-refractivity contribution < 1.29 is 24.2 Å². The minimum absolute atomic E-state index is 0.0129. The fourth-order valence-corrected chi connectivity index (χ4v) is 3.56. The lowest BCUT2D eigenvalue weighted by Crippen LogP contribution is -2.54. The van der Waals surface area contributed by atoms with E-state index in [9.17, 15) is 14.4 Å². The number of thiocarbonyl (C=S) groups is 1. The van der Waals surface area contributed by atoms with E-state index >= 15 is 0 Å². The fraction of sp³-hybridized carbons (Fsp3) is 0.143. The molecule has 0 saturated carbocycles. The lowest BCUT2D eigenvalue weighted by atomic mass is 10.1. The summed E-state index contributed by atoms with van der Waals surface area (Å²) in [6, 6.07) is 11.8. The van der Waals surface area contributed by atoms with Gasteiger partial charge in [-0.2, -0.15) is 0 Å². The standard InChI is InChI=1S/C21H17BrN2O5S/c1-11-9-14(22)5-8-17(11)24-19(26)16(18(25)23-21(24)30)10-13-3-6-15(7-4-13)29-12(2)20(27)28/h3-10,12H,1-2H3,(H,27,28)(H,23,25,30)/b16-10+/t12-/m1/s1. The van der Waals surface area contributed by atoms with Gasteiger partial charge in [0, 0.05) is 4.47 Å². The summed E-state index contributed by atoms with van der Waals surface area (Å²) < 4.78 is 6.14. The number of carboxylic acid groups (broad SMARTS) is 1. The number of anilines is 1. The molecule has 1 aliphatic heterocycles. The maximum Gasteiger partial charge on any atom is 0.344 e. The van der Waals surface area contributed by atoms with Crippen LogP contribution in [0.1, 0.15) is 18.1 Å². The van der Waals surface area contributed by atoms with Crippen LogP contribution in [0, 0.1) is 6.92 Å². The number of carboxylic acids is 1. The first kappa shape index (κ1) is 21.7. The minimum Gasteiger partial charge on any atom is -0.479 e. The van der Waals surface area contributed by atoms with Crippen molar-refractivity contribution >= 4 is 62.8 Å². The number of aliphatic carboxylic acids is 1. The number of hydrogen-bond acceptors (Lipinski definition) is 5. The van der Waals surface area contributed by atoms with Gasteiger partial charge in [0.2, 0.25) is 0 Å². The molecule has 0 unspecified atom stereocenters. The number of hydrogen-bond donors (Lipinski definition) is 2. The predicted octanol–water partition coefficient (Wildman–Crippen LogP) is 3.44. The number of benzene rings is 2. The van der Waals surface area contributed by atoms with Crippen molar-refractivity contribution in [1.29, 1.82) is 0 Å². The molecule has 2 aromatic carbocycles. The smallest absolute Gasteiger partial charge is 0.344 e. The van der Waals surface area contributed by atoms with Gasteiger partial charge in [0.15, 0.2) is 11.2 Å². The zero-order chi connectivity index (χ0) is 22.0. The van der Waals surface area contributed by atoms with Gasteiger partial charge in [0.25, 0.3) is 11.8 Å². The highest BCUT2D eigenvalue weighted by Gasteiger charge is 2.35. The Bertz CT molecular complexity index is 1080. The molecule has 1 fully saturated rings. The minimum atomic E-state index is -1.08. The highest BCUT2D eigenvalue weighted by Crippen LogP contribution is 2.28. The van der Waals surface area contributed by atoms with Crippen LogP contribution in [-0.2, 0) is 14.4 Å². The predicted molar refractivity (Wildman–Crippen MR) is 119 cm³/mol. The molecule has 1 saturated heterocycles. The summed E-state index contributed by atoms with van der Waals surface area (Å²) in [6.45, 7) is 3.26. The van der Waals surface area contributed by atoms with Crippen molar-refractivity contribution in [2.75, 3.05) is 4.90 Å². The number of nitrogens with one attached hydrogen (secondary N) is 1. The summed E-state index contributed by atoms with van der Waals surface area (Å²) in [5.41, 5.74) is 1.89. The molecule has 1 atom stereocenters. The lowest BCUT2D eigenvalue weighted by Gasteiger charge is -2.30. The van der Waals surface area contributed by atoms with Gasteiger partial charge in [-0.25, -0.2) is 4.79 Å². The molecule has 0 radical (unpaired) electrons. The molecule has 1 aliphatic rings. The van der Waals surface area contributed by atoms with Gasteiger partial charge in [-0.15, -0.1) is 0 Å². The van der Waals surface area contributed by atoms with Gasteiger partial charge < -0.3 is 9.84 Å². The topological polar surface area (TPSA) is 95.9 Å². The molecule has 2 amide bonds. The van der Waals surface area contributed by atoms with Crippen LogP contribution in [0.15, 0.2) is 52.5 Å². The number of aryl methyl sites for hydroxylation is 1. The van der Waals surface area contributed by atoms with E-state index in [2.05, 4.69) is 21.2 Å². The van der Waals surface area contributed by atoms with Crippen molar-refractivity contribution in [3.8, 4) is 5.75 Å². The van der Waals surface area contributed by atoms with Gasteiger partial charge >= 0.3 is 5.97 Å². The average molecular weight is 489 g/mol. The molecular weight excluding hydrogens is 472 g/mol. The number of amides is 2. The van der Waals surface area contributed by atoms with Crippen molar-refractivity contribution in [1.82, 2.24) is 5.32 Å². The monoisotopic (exact) mass is 488 g/mol. The molecule has 2 aromatic rings. The van der Waals surface area contributed by atoms with E-state index in [-0.39, 0.29) is 10.7 Å². The maximum absolute atomic E-state index is 13.1. The third-order valence-corrected chi connectivity index (χ3v) is 5.13. The van der Waals surface area contributed by atoms with Crippen LogP contribution in [0.3, 0.4) is 0 Å². The molecule has 9 heteroatoms. The first-order valence-corrected chi connectivity index (χ1v) is 10.0. The van der Waals surface area contributed by atoms with Gasteiger partial charge in [0.1, 0.15) is 11.3 Å².